The van der Waals surface area contributed by atoms with E-state index in [-0.39, 0.29) is 17.8 Å². The number of anilines is 1. The minimum absolute atomic E-state index is 0.171. The Bertz CT molecular complexity index is 737. The van der Waals surface area contributed by atoms with Crippen LogP contribution in [0.1, 0.15) is 37.0 Å². The predicted molar refractivity (Wildman–Crippen MR) is 102 cm³/mol. The minimum atomic E-state index is -0.408. The number of nitrogens with one attached hydrogen (secondary N) is 3. The lowest BCUT2D eigenvalue weighted by atomic mass is 9.81. The van der Waals surface area contributed by atoms with Gasteiger partial charge in [-0.05, 0) is 42.8 Å². The third-order valence-electron chi connectivity index (χ3n) is 5.71. The number of fused-ring (bicyclic) bond motifs is 2. The number of quaternary nitrogens is 1. The maximum atomic E-state index is 13.7. The van der Waals surface area contributed by atoms with Crippen LogP contribution >= 0.6 is 11.3 Å². The molecule has 1 aromatic carbocycles. The highest BCUT2D eigenvalue weighted by molar-refractivity contribution is 7.09. The van der Waals surface area contributed by atoms with Gasteiger partial charge in [0.15, 0.2) is 0 Å². The Morgan fingerprint density at radius 1 is 1.15 bits per heavy atom. The van der Waals surface area contributed by atoms with Crippen LogP contribution in [0.4, 0.5) is 14.9 Å². The molecule has 4 atom stereocenters. The van der Waals surface area contributed by atoms with Crippen molar-refractivity contribution >= 4 is 23.1 Å². The quantitative estimate of drug-likeness (QED) is 0.756. The second-order valence-corrected chi connectivity index (χ2v) is 8.43. The normalized spacial score (nSPS) is 27.7. The van der Waals surface area contributed by atoms with Gasteiger partial charge in [0.25, 0.3) is 0 Å². The fraction of sp³-hybridized carbons (Fsp3) is 0.450. The van der Waals surface area contributed by atoms with Crippen LogP contribution in [0, 0.1) is 5.82 Å². The van der Waals surface area contributed by atoms with E-state index < -0.39 is 5.82 Å². The summed E-state index contributed by atoms with van der Waals surface area (Å²) in [4.78, 5) is 15.4. The first-order valence-electron chi connectivity index (χ1n) is 9.39. The molecule has 138 valence electrons. The number of halogens is 1. The van der Waals surface area contributed by atoms with Crippen molar-refractivity contribution in [1.82, 2.24) is 5.32 Å². The molecule has 3 N–H and O–H groups in total. The third kappa shape index (κ3) is 3.91. The number of hydrogen-bond acceptors (Lipinski definition) is 2. The van der Waals surface area contributed by atoms with Crippen molar-refractivity contribution in [2.45, 2.75) is 56.8 Å². The lowest BCUT2D eigenvalue weighted by Gasteiger charge is -2.45. The molecule has 2 bridgehead atoms. The van der Waals surface area contributed by atoms with E-state index in [0.717, 1.165) is 19.4 Å². The van der Waals surface area contributed by atoms with Gasteiger partial charge in [0.2, 0.25) is 0 Å². The van der Waals surface area contributed by atoms with Crippen molar-refractivity contribution in [1.29, 1.82) is 0 Å². The number of benzene rings is 1. The average Bonchev–Trinajstić information content (AvgIpc) is 3.11. The lowest BCUT2D eigenvalue weighted by molar-refractivity contribution is -0.973. The largest absolute Gasteiger partial charge is 0.335 e. The van der Waals surface area contributed by atoms with E-state index in [0.29, 0.717) is 12.1 Å². The fourth-order valence-electron chi connectivity index (χ4n) is 4.56. The number of hydrogen-bond donors (Lipinski definition) is 3. The van der Waals surface area contributed by atoms with Gasteiger partial charge in [0.05, 0.1) is 22.6 Å². The van der Waals surface area contributed by atoms with Crippen molar-refractivity contribution < 1.29 is 14.1 Å². The standard InChI is InChI=1S/C20H24FN3OS/c21-18-8-1-2-9-19(18)23-20(25)22-14-11-15-5-3-6-16(12-14)24(15)13-17-7-4-10-26-17/h1-2,4,7-10,14-16H,3,5-6,11-13H2,(H2,22,23,25)/p+1/t14?,15-,16+. The van der Waals surface area contributed by atoms with Crippen LogP contribution in [-0.2, 0) is 6.54 Å². The minimum Gasteiger partial charge on any atom is -0.335 e. The molecule has 4 rings (SSSR count). The Balaban J connectivity index is 1.36. The molecule has 4 nitrogen and oxygen atoms in total. The van der Waals surface area contributed by atoms with Crippen LogP contribution in [0.2, 0.25) is 0 Å². The van der Waals surface area contributed by atoms with Crippen LogP contribution in [0.3, 0.4) is 0 Å². The summed E-state index contributed by atoms with van der Waals surface area (Å²) >= 11 is 1.83. The first kappa shape index (κ1) is 17.5. The molecule has 0 saturated carbocycles. The zero-order valence-corrected chi connectivity index (χ0v) is 15.5. The SMILES string of the molecule is O=C(Nc1ccccc1F)NC1C[C@H]2CCC[C@@H](C1)[NH+]2Cc1cccs1. The Morgan fingerprint density at radius 3 is 2.62 bits per heavy atom. The molecule has 2 aliphatic rings. The summed E-state index contributed by atoms with van der Waals surface area (Å²) in [6, 6.07) is 11.7. The monoisotopic (exact) mass is 374 g/mol. The smallest absolute Gasteiger partial charge is 0.319 e. The van der Waals surface area contributed by atoms with Gasteiger partial charge in [-0.25, -0.2) is 9.18 Å². The Labute approximate surface area is 157 Å². The molecule has 2 saturated heterocycles. The lowest BCUT2D eigenvalue weighted by Crippen LogP contribution is -3.20. The van der Waals surface area contributed by atoms with Crippen molar-refractivity contribution in [3.8, 4) is 0 Å². The van der Waals surface area contributed by atoms with Crippen LogP contribution in [-0.4, -0.2) is 24.2 Å². The summed E-state index contributed by atoms with van der Waals surface area (Å²) in [6.07, 6.45) is 5.75. The van der Waals surface area contributed by atoms with E-state index in [1.54, 1.807) is 23.1 Å². The fourth-order valence-corrected chi connectivity index (χ4v) is 5.30. The Kier molecular flexibility index (Phi) is 5.22. The molecule has 3 heterocycles. The Morgan fingerprint density at radius 2 is 1.92 bits per heavy atom. The number of carbonyl (C=O) groups is 1. The van der Waals surface area contributed by atoms with E-state index >= 15 is 0 Å². The van der Waals surface area contributed by atoms with Gasteiger partial charge >= 0.3 is 6.03 Å². The summed E-state index contributed by atoms with van der Waals surface area (Å²) in [5.74, 6) is -0.408. The molecule has 6 heteroatoms. The summed E-state index contributed by atoms with van der Waals surface area (Å²) in [7, 11) is 0. The summed E-state index contributed by atoms with van der Waals surface area (Å²) < 4.78 is 13.7. The van der Waals surface area contributed by atoms with E-state index in [9.17, 15) is 9.18 Å². The zero-order valence-electron chi connectivity index (χ0n) is 14.7. The van der Waals surface area contributed by atoms with Gasteiger partial charge in [0.1, 0.15) is 12.4 Å². The molecule has 0 aliphatic carbocycles. The Hall–Kier alpha value is -1.92. The number of urea groups is 1. The zero-order chi connectivity index (χ0) is 17.9. The number of rotatable bonds is 4. The third-order valence-corrected chi connectivity index (χ3v) is 6.58. The van der Waals surface area contributed by atoms with Crippen molar-refractivity contribution in [2.75, 3.05) is 5.32 Å². The van der Waals surface area contributed by atoms with Gasteiger partial charge < -0.3 is 15.5 Å². The van der Waals surface area contributed by atoms with Crippen LogP contribution < -0.4 is 15.5 Å². The van der Waals surface area contributed by atoms with Gasteiger partial charge in [0, 0.05) is 18.9 Å². The first-order chi connectivity index (χ1) is 12.7. The molecular formula is C20H25FN3OS+. The maximum Gasteiger partial charge on any atom is 0.319 e. The molecule has 26 heavy (non-hydrogen) atoms. The van der Waals surface area contributed by atoms with Gasteiger partial charge in [-0.3, -0.25) is 0 Å². The van der Waals surface area contributed by atoms with Gasteiger partial charge in [-0.1, -0.05) is 18.2 Å². The van der Waals surface area contributed by atoms with E-state index in [2.05, 4.69) is 28.1 Å². The van der Waals surface area contributed by atoms with Crippen molar-refractivity contribution in [3.05, 3.63) is 52.5 Å². The number of thiophene rings is 1. The van der Waals surface area contributed by atoms with Crippen LogP contribution in [0.25, 0.3) is 0 Å². The highest BCUT2D eigenvalue weighted by Gasteiger charge is 2.42. The molecule has 2 aromatic rings. The molecule has 2 unspecified atom stereocenters. The molecule has 2 fully saturated rings. The topological polar surface area (TPSA) is 45.6 Å². The average molecular weight is 375 g/mol. The number of amides is 2. The number of piperidine rings is 2. The van der Waals surface area contributed by atoms with Crippen LogP contribution in [0.5, 0.6) is 0 Å². The van der Waals surface area contributed by atoms with Gasteiger partial charge in [-0.2, -0.15) is 0 Å². The second-order valence-electron chi connectivity index (χ2n) is 7.40. The van der Waals surface area contributed by atoms with Crippen molar-refractivity contribution in [2.24, 2.45) is 0 Å². The van der Waals surface area contributed by atoms with E-state index in [1.807, 2.05) is 11.3 Å². The molecular weight excluding hydrogens is 349 g/mol. The molecule has 2 amide bonds. The molecule has 1 aromatic heterocycles. The van der Waals surface area contributed by atoms with Gasteiger partial charge in [-0.15, -0.1) is 11.3 Å². The highest BCUT2D eigenvalue weighted by Crippen LogP contribution is 2.23. The highest BCUT2D eigenvalue weighted by atomic mass is 32.1. The second kappa shape index (κ2) is 7.76. The number of para-hydroxylation sites is 1. The summed E-state index contributed by atoms with van der Waals surface area (Å²) in [6.45, 7) is 1.10. The molecule has 0 spiro atoms. The summed E-state index contributed by atoms with van der Waals surface area (Å²) in [5.41, 5.74) is 0.228. The molecule has 0 radical (unpaired) electrons. The summed E-state index contributed by atoms with van der Waals surface area (Å²) in [5, 5.41) is 7.86. The number of carbonyl (C=O) groups excluding carboxylic acids is 1. The maximum absolute atomic E-state index is 13.7. The molecule has 2 aliphatic heterocycles. The van der Waals surface area contributed by atoms with Crippen LogP contribution in [0.15, 0.2) is 41.8 Å². The van der Waals surface area contributed by atoms with Crippen molar-refractivity contribution in [3.63, 3.8) is 0 Å². The van der Waals surface area contributed by atoms with E-state index in [1.165, 1.54) is 30.2 Å². The first-order valence-corrected chi connectivity index (χ1v) is 10.3. The predicted octanol–water partition coefficient (Wildman–Crippen LogP) is 3.18. The van der Waals surface area contributed by atoms with E-state index in [4.69, 9.17) is 0 Å².